The Balaban J connectivity index is 2.10. The van der Waals surface area contributed by atoms with Crippen LogP contribution in [0.3, 0.4) is 0 Å². The van der Waals surface area contributed by atoms with E-state index >= 15 is 0 Å². The van der Waals surface area contributed by atoms with Gasteiger partial charge in [0.25, 0.3) is 0 Å². The fourth-order valence-corrected chi connectivity index (χ4v) is 2.16. The molecule has 0 saturated heterocycles. The van der Waals surface area contributed by atoms with E-state index in [1.54, 1.807) is 0 Å². The summed E-state index contributed by atoms with van der Waals surface area (Å²) in [6.45, 7) is 4.67. The van der Waals surface area contributed by atoms with Crippen molar-refractivity contribution < 1.29 is 0 Å². The smallest absolute Gasteiger partial charge is 0.0153 e. The monoisotopic (exact) mass is 184 g/mol. The second-order valence-corrected chi connectivity index (χ2v) is 4.51. The van der Waals surface area contributed by atoms with Crippen LogP contribution in [0.2, 0.25) is 0 Å². The summed E-state index contributed by atoms with van der Waals surface area (Å²) < 4.78 is 0. The molecule has 13 heavy (non-hydrogen) atoms. The summed E-state index contributed by atoms with van der Waals surface area (Å²) >= 11 is 0. The van der Waals surface area contributed by atoms with Crippen molar-refractivity contribution >= 4 is 0 Å². The molecule has 2 N–H and O–H groups in total. The zero-order valence-corrected chi connectivity index (χ0v) is 9.16. The molecule has 0 aromatic heterocycles. The summed E-state index contributed by atoms with van der Waals surface area (Å²) in [6.07, 6.45) is 8.24. The molecular formula is C11H24N2. The molecule has 0 heterocycles. The Hall–Kier alpha value is -0.0800. The van der Waals surface area contributed by atoms with E-state index in [1.807, 2.05) is 7.05 Å². The highest BCUT2D eigenvalue weighted by Gasteiger charge is 2.25. The lowest BCUT2D eigenvalue weighted by molar-refractivity contribution is 0.254. The van der Waals surface area contributed by atoms with Crippen LogP contribution < -0.4 is 10.6 Å². The van der Waals surface area contributed by atoms with E-state index < -0.39 is 0 Å². The van der Waals surface area contributed by atoms with Crippen molar-refractivity contribution in [3.63, 3.8) is 0 Å². The van der Waals surface area contributed by atoms with E-state index in [2.05, 4.69) is 17.6 Å². The molecule has 0 aromatic rings. The first-order valence-corrected chi connectivity index (χ1v) is 5.66. The second-order valence-electron chi connectivity index (χ2n) is 4.51. The lowest BCUT2D eigenvalue weighted by atomic mass is 9.83. The van der Waals surface area contributed by atoms with E-state index in [9.17, 15) is 0 Å². The Bertz CT molecular complexity index is 128. The second kappa shape index (κ2) is 5.61. The summed E-state index contributed by atoms with van der Waals surface area (Å²) in [5.74, 6) is 0. The molecule has 0 spiro atoms. The summed E-state index contributed by atoms with van der Waals surface area (Å²) in [6, 6.07) is 0. The molecule has 1 saturated carbocycles. The Morgan fingerprint density at radius 2 is 1.77 bits per heavy atom. The predicted molar refractivity (Wildman–Crippen MR) is 58.0 cm³/mol. The maximum atomic E-state index is 3.69. The Morgan fingerprint density at radius 1 is 1.08 bits per heavy atom. The van der Waals surface area contributed by atoms with Crippen LogP contribution in [-0.4, -0.2) is 25.7 Å². The molecule has 0 aromatic carbocycles. The van der Waals surface area contributed by atoms with Crippen molar-refractivity contribution in [1.82, 2.24) is 10.6 Å². The topological polar surface area (TPSA) is 24.1 Å². The molecule has 1 fully saturated rings. The summed E-state index contributed by atoms with van der Waals surface area (Å²) in [5.41, 5.74) is 0.450. The zero-order chi connectivity index (χ0) is 9.57. The van der Waals surface area contributed by atoms with Crippen LogP contribution in [0.4, 0.5) is 0 Å². The zero-order valence-electron chi connectivity index (χ0n) is 9.16. The van der Waals surface area contributed by atoms with Crippen molar-refractivity contribution in [2.24, 2.45) is 0 Å². The molecule has 0 amide bonds. The molecule has 78 valence electrons. The van der Waals surface area contributed by atoms with Crippen molar-refractivity contribution in [1.29, 1.82) is 0 Å². The highest BCUT2D eigenvalue weighted by molar-refractivity contribution is 4.85. The molecule has 0 aliphatic heterocycles. The minimum Gasteiger partial charge on any atom is -0.320 e. The number of hydrogen-bond donors (Lipinski definition) is 2. The molecule has 1 rings (SSSR count). The van der Waals surface area contributed by atoms with E-state index in [0.717, 1.165) is 13.1 Å². The minimum atomic E-state index is 0.450. The van der Waals surface area contributed by atoms with Gasteiger partial charge < -0.3 is 10.6 Å². The van der Waals surface area contributed by atoms with Gasteiger partial charge in [-0.15, -0.1) is 0 Å². The molecule has 2 heteroatoms. The van der Waals surface area contributed by atoms with Gasteiger partial charge in [-0.2, -0.15) is 0 Å². The van der Waals surface area contributed by atoms with Gasteiger partial charge in [0.1, 0.15) is 0 Å². The number of rotatable bonds is 5. The standard InChI is InChI=1S/C11H24N2/c1-11(7-4-3-5-8-11)13-10-6-9-12-2/h12-13H,3-10H2,1-2H3. The molecule has 1 aliphatic rings. The number of hydrogen-bond acceptors (Lipinski definition) is 2. The first-order chi connectivity index (χ1) is 6.27. The molecule has 0 radical (unpaired) electrons. The summed E-state index contributed by atoms with van der Waals surface area (Å²) in [5, 5.41) is 6.87. The molecule has 0 unspecified atom stereocenters. The molecule has 2 nitrogen and oxygen atoms in total. The first kappa shape index (κ1) is 11.0. The predicted octanol–water partition coefficient (Wildman–Crippen LogP) is 1.91. The van der Waals surface area contributed by atoms with Crippen molar-refractivity contribution in [2.45, 2.75) is 51.0 Å². The Morgan fingerprint density at radius 3 is 2.38 bits per heavy atom. The molecule has 0 atom stereocenters. The van der Waals surface area contributed by atoms with Crippen LogP contribution in [0.5, 0.6) is 0 Å². The minimum absolute atomic E-state index is 0.450. The van der Waals surface area contributed by atoms with Gasteiger partial charge in [-0.3, -0.25) is 0 Å². The van der Waals surface area contributed by atoms with Crippen LogP contribution in [-0.2, 0) is 0 Å². The highest BCUT2D eigenvalue weighted by atomic mass is 15.0. The summed E-state index contributed by atoms with van der Waals surface area (Å²) in [4.78, 5) is 0. The van der Waals surface area contributed by atoms with Crippen LogP contribution in [0, 0.1) is 0 Å². The lowest BCUT2D eigenvalue weighted by Gasteiger charge is -2.34. The van der Waals surface area contributed by atoms with E-state index in [1.165, 1.54) is 38.5 Å². The quantitative estimate of drug-likeness (QED) is 0.638. The lowest BCUT2D eigenvalue weighted by Crippen LogP contribution is -2.44. The number of nitrogens with one attached hydrogen (secondary N) is 2. The van der Waals surface area contributed by atoms with Crippen LogP contribution in [0.15, 0.2) is 0 Å². The van der Waals surface area contributed by atoms with E-state index in [4.69, 9.17) is 0 Å². The van der Waals surface area contributed by atoms with Gasteiger partial charge in [0, 0.05) is 5.54 Å². The first-order valence-electron chi connectivity index (χ1n) is 5.66. The highest BCUT2D eigenvalue weighted by Crippen LogP contribution is 2.27. The van der Waals surface area contributed by atoms with Gasteiger partial charge in [0.15, 0.2) is 0 Å². The van der Waals surface area contributed by atoms with Gasteiger partial charge in [0.2, 0.25) is 0 Å². The average Bonchev–Trinajstić information content (AvgIpc) is 2.14. The van der Waals surface area contributed by atoms with Gasteiger partial charge in [0.05, 0.1) is 0 Å². The maximum Gasteiger partial charge on any atom is 0.0153 e. The Kier molecular flexibility index (Phi) is 4.74. The average molecular weight is 184 g/mol. The van der Waals surface area contributed by atoms with Crippen molar-refractivity contribution in [2.75, 3.05) is 20.1 Å². The normalized spacial score (nSPS) is 21.7. The fourth-order valence-electron chi connectivity index (χ4n) is 2.16. The van der Waals surface area contributed by atoms with Gasteiger partial charge in [-0.1, -0.05) is 19.3 Å². The van der Waals surface area contributed by atoms with Crippen LogP contribution >= 0.6 is 0 Å². The van der Waals surface area contributed by atoms with Crippen LogP contribution in [0.1, 0.15) is 45.4 Å². The van der Waals surface area contributed by atoms with E-state index in [0.29, 0.717) is 5.54 Å². The van der Waals surface area contributed by atoms with Crippen molar-refractivity contribution in [3.8, 4) is 0 Å². The van der Waals surface area contributed by atoms with Crippen molar-refractivity contribution in [3.05, 3.63) is 0 Å². The molecule has 1 aliphatic carbocycles. The SMILES string of the molecule is CNCCCNC1(C)CCCCC1. The van der Waals surface area contributed by atoms with E-state index in [-0.39, 0.29) is 0 Å². The Labute approximate surface area is 82.5 Å². The fraction of sp³-hybridized carbons (Fsp3) is 1.00. The van der Waals surface area contributed by atoms with Gasteiger partial charge in [-0.05, 0) is 46.3 Å². The largest absolute Gasteiger partial charge is 0.320 e. The molecule has 0 bridgehead atoms. The molecular weight excluding hydrogens is 160 g/mol. The third kappa shape index (κ3) is 4.10. The van der Waals surface area contributed by atoms with Crippen LogP contribution in [0.25, 0.3) is 0 Å². The maximum absolute atomic E-state index is 3.69. The third-order valence-electron chi connectivity index (χ3n) is 3.11. The van der Waals surface area contributed by atoms with Gasteiger partial charge >= 0.3 is 0 Å². The third-order valence-corrected chi connectivity index (χ3v) is 3.11. The van der Waals surface area contributed by atoms with Gasteiger partial charge in [-0.25, -0.2) is 0 Å². The summed E-state index contributed by atoms with van der Waals surface area (Å²) in [7, 11) is 2.02.